The number of nitrogens with one attached hydrogen (secondary N) is 1. The Kier molecular flexibility index (Phi) is 5.43. The molecule has 22 heavy (non-hydrogen) atoms. The molecule has 118 valence electrons. The van der Waals surface area contributed by atoms with E-state index in [9.17, 15) is 10.1 Å². The Bertz CT molecular complexity index is 539. The van der Waals surface area contributed by atoms with Crippen molar-refractivity contribution in [2.75, 3.05) is 7.11 Å². The fourth-order valence-electron chi connectivity index (χ4n) is 2.98. The Hall–Kier alpha value is -2.02. The van der Waals surface area contributed by atoms with E-state index in [2.05, 4.69) is 11.4 Å². The molecule has 0 spiro atoms. The van der Waals surface area contributed by atoms with Crippen LogP contribution in [-0.4, -0.2) is 19.1 Å². The van der Waals surface area contributed by atoms with Gasteiger partial charge in [-0.1, -0.05) is 25.0 Å². The van der Waals surface area contributed by atoms with E-state index in [0.717, 1.165) is 31.4 Å². The number of nitrogens with zero attached hydrogens (tertiary/aromatic N) is 1. The van der Waals surface area contributed by atoms with E-state index in [4.69, 9.17) is 4.74 Å². The van der Waals surface area contributed by atoms with Crippen LogP contribution in [-0.2, 0) is 11.2 Å². The monoisotopic (exact) mass is 300 g/mol. The highest BCUT2D eigenvalue weighted by Crippen LogP contribution is 2.37. The number of aryl methyl sites for hydroxylation is 1. The van der Waals surface area contributed by atoms with Crippen molar-refractivity contribution in [2.45, 2.75) is 51.5 Å². The van der Waals surface area contributed by atoms with E-state index < -0.39 is 5.41 Å². The molecule has 1 saturated carbocycles. The molecule has 1 unspecified atom stereocenters. The Morgan fingerprint density at radius 3 is 2.55 bits per heavy atom. The topological polar surface area (TPSA) is 62.1 Å². The predicted octanol–water partition coefficient (Wildman–Crippen LogP) is 3.22. The number of rotatable bonds is 6. The van der Waals surface area contributed by atoms with Crippen molar-refractivity contribution in [1.82, 2.24) is 5.32 Å². The van der Waals surface area contributed by atoms with Gasteiger partial charge in [-0.25, -0.2) is 0 Å². The quantitative estimate of drug-likeness (QED) is 0.877. The zero-order chi connectivity index (χ0) is 16.0. The molecule has 0 aliphatic heterocycles. The lowest BCUT2D eigenvalue weighted by Crippen LogP contribution is -2.42. The Balaban J connectivity index is 1.83. The van der Waals surface area contributed by atoms with Crippen LogP contribution in [0.5, 0.6) is 5.75 Å². The highest BCUT2D eigenvalue weighted by molar-refractivity contribution is 5.85. The first-order chi connectivity index (χ1) is 10.6. The van der Waals surface area contributed by atoms with Gasteiger partial charge in [0, 0.05) is 6.04 Å². The summed E-state index contributed by atoms with van der Waals surface area (Å²) >= 11 is 0. The normalized spacial score (nSPS) is 17.5. The number of carbonyl (C=O) groups is 1. The van der Waals surface area contributed by atoms with Gasteiger partial charge < -0.3 is 10.1 Å². The molecular formula is C18H24N2O2. The Morgan fingerprint density at radius 2 is 2.00 bits per heavy atom. The summed E-state index contributed by atoms with van der Waals surface area (Å²) in [5.74, 6) is 0.761. The first-order valence-corrected chi connectivity index (χ1v) is 7.95. The van der Waals surface area contributed by atoms with Crippen LogP contribution >= 0.6 is 0 Å². The lowest BCUT2D eigenvalue weighted by Gasteiger charge is -2.22. The van der Waals surface area contributed by atoms with Crippen LogP contribution in [0.3, 0.4) is 0 Å². The van der Waals surface area contributed by atoms with Crippen LogP contribution < -0.4 is 10.1 Å². The van der Waals surface area contributed by atoms with Gasteiger partial charge in [0.2, 0.25) is 5.91 Å². The highest BCUT2D eigenvalue weighted by Gasteiger charge is 2.41. The molecule has 0 radical (unpaired) electrons. The third-order valence-corrected chi connectivity index (χ3v) is 4.51. The maximum absolute atomic E-state index is 12.4. The maximum Gasteiger partial charge on any atom is 0.240 e. The van der Waals surface area contributed by atoms with Gasteiger partial charge in [0.05, 0.1) is 13.2 Å². The molecule has 1 aromatic rings. The molecule has 0 saturated heterocycles. The largest absolute Gasteiger partial charge is 0.497 e. The van der Waals surface area contributed by atoms with E-state index in [1.165, 1.54) is 5.56 Å². The van der Waals surface area contributed by atoms with Crippen molar-refractivity contribution >= 4 is 5.91 Å². The number of amides is 1. The van der Waals surface area contributed by atoms with Crippen molar-refractivity contribution < 1.29 is 9.53 Å². The maximum atomic E-state index is 12.4. The van der Waals surface area contributed by atoms with Crippen molar-refractivity contribution in [2.24, 2.45) is 5.41 Å². The second kappa shape index (κ2) is 7.31. The molecule has 4 nitrogen and oxygen atoms in total. The number of ether oxygens (including phenoxy) is 1. The molecule has 1 aliphatic carbocycles. The minimum atomic E-state index is -0.783. The van der Waals surface area contributed by atoms with Gasteiger partial charge in [-0.3, -0.25) is 4.79 Å². The number of benzene rings is 1. The lowest BCUT2D eigenvalue weighted by molar-refractivity contribution is -0.128. The number of methoxy groups -OCH3 is 1. The summed E-state index contributed by atoms with van der Waals surface area (Å²) in [6.45, 7) is 2.00. The molecule has 1 aliphatic rings. The molecule has 1 aromatic carbocycles. The highest BCUT2D eigenvalue weighted by atomic mass is 16.5. The van der Waals surface area contributed by atoms with Crippen LogP contribution in [0.1, 0.15) is 44.6 Å². The SMILES string of the molecule is COc1ccc(CCC(C)NC(=O)C2(C#N)CCCC2)cc1. The number of nitriles is 1. The summed E-state index contributed by atoms with van der Waals surface area (Å²) in [6, 6.07) is 10.3. The van der Waals surface area contributed by atoms with Crippen LogP contribution in [0.4, 0.5) is 0 Å². The van der Waals surface area contributed by atoms with Crippen molar-refractivity contribution in [3.05, 3.63) is 29.8 Å². The average Bonchev–Trinajstić information content (AvgIpc) is 3.03. The Morgan fingerprint density at radius 1 is 1.36 bits per heavy atom. The smallest absolute Gasteiger partial charge is 0.240 e. The molecule has 0 aromatic heterocycles. The molecular weight excluding hydrogens is 276 g/mol. The van der Waals surface area contributed by atoms with Crippen LogP contribution in [0.2, 0.25) is 0 Å². The van der Waals surface area contributed by atoms with Crippen molar-refractivity contribution in [1.29, 1.82) is 5.26 Å². The summed E-state index contributed by atoms with van der Waals surface area (Å²) in [6.07, 6.45) is 5.09. The van der Waals surface area contributed by atoms with Crippen molar-refractivity contribution in [3.63, 3.8) is 0 Å². The predicted molar refractivity (Wildman–Crippen MR) is 85.4 cm³/mol. The van der Waals surface area contributed by atoms with E-state index in [-0.39, 0.29) is 11.9 Å². The standard InChI is InChI=1S/C18H24N2O2/c1-14(5-6-15-7-9-16(22-2)10-8-15)20-17(21)18(13-19)11-3-4-12-18/h7-10,14H,3-6,11-12H2,1-2H3,(H,20,21). The number of carbonyl (C=O) groups excluding carboxylic acids is 1. The summed E-state index contributed by atoms with van der Waals surface area (Å²) < 4.78 is 5.14. The molecule has 0 bridgehead atoms. The van der Waals surface area contributed by atoms with Gasteiger partial charge in [-0.15, -0.1) is 0 Å². The van der Waals surface area contributed by atoms with Crippen LogP contribution in [0.15, 0.2) is 24.3 Å². The molecule has 1 N–H and O–H groups in total. The van der Waals surface area contributed by atoms with E-state index in [1.54, 1.807) is 7.11 Å². The van der Waals surface area contributed by atoms with Gasteiger partial charge in [-0.05, 0) is 50.3 Å². The minimum Gasteiger partial charge on any atom is -0.497 e. The molecule has 2 rings (SSSR count). The number of hydrogen-bond acceptors (Lipinski definition) is 3. The van der Waals surface area contributed by atoms with Gasteiger partial charge in [0.15, 0.2) is 0 Å². The first-order valence-electron chi connectivity index (χ1n) is 7.95. The molecule has 1 fully saturated rings. The second-order valence-corrected chi connectivity index (χ2v) is 6.16. The lowest BCUT2D eigenvalue weighted by atomic mass is 9.86. The fraction of sp³-hybridized carbons (Fsp3) is 0.556. The molecule has 4 heteroatoms. The van der Waals surface area contributed by atoms with Gasteiger partial charge in [0.1, 0.15) is 11.2 Å². The summed E-state index contributed by atoms with van der Waals surface area (Å²) in [4.78, 5) is 12.4. The van der Waals surface area contributed by atoms with E-state index in [1.807, 2.05) is 31.2 Å². The minimum absolute atomic E-state index is 0.0698. The average molecular weight is 300 g/mol. The summed E-state index contributed by atoms with van der Waals surface area (Å²) in [7, 11) is 1.65. The third-order valence-electron chi connectivity index (χ3n) is 4.51. The molecule has 1 atom stereocenters. The first kappa shape index (κ1) is 16.4. The zero-order valence-corrected chi connectivity index (χ0v) is 13.4. The van der Waals surface area contributed by atoms with Crippen LogP contribution in [0, 0.1) is 16.7 Å². The summed E-state index contributed by atoms with van der Waals surface area (Å²) in [5.41, 5.74) is 0.437. The molecule has 0 heterocycles. The summed E-state index contributed by atoms with van der Waals surface area (Å²) in [5, 5.41) is 12.4. The number of hydrogen-bond donors (Lipinski definition) is 1. The fourth-order valence-corrected chi connectivity index (χ4v) is 2.98. The second-order valence-electron chi connectivity index (χ2n) is 6.16. The van der Waals surface area contributed by atoms with Gasteiger partial charge in [-0.2, -0.15) is 5.26 Å². The van der Waals surface area contributed by atoms with E-state index in [0.29, 0.717) is 12.8 Å². The van der Waals surface area contributed by atoms with Crippen LogP contribution in [0.25, 0.3) is 0 Å². The Labute approximate surface area is 132 Å². The van der Waals surface area contributed by atoms with E-state index >= 15 is 0 Å². The third kappa shape index (κ3) is 3.79. The zero-order valence-electron chi connectivity index (χ0n) is 13.4. The molecule has 1 amide bonds. The van der Waals surface area contributed by atoms with Crippen molar-refractivity contribution in [3.8, 4) is 11.8 Å². The van der Waals surface area contributed by atoms with Gasteiger partial charge >= 0.3 is 0 Å². The van der Waals surface area contributed by atoms with Gasteiger partial charge in [0.25, 0.3) is 0 Å².